The summed E-state index contributed by atoms with van der Waals surface area (Å²) in [5, 5.41) is 10.4. The van der Waals surface area contributed by atoms with Crippen molar-refractivity contribution in [2.45, 2.75) is 0 Å². The van der Waals surface area contributed by atoms with Gasteiger partial charge in [-0.15, -0.1) is 0 Å². The Balaban J connectivity index is 2.31. The highest BCUT2D eigenvalue weighted by molar-refractivity contribution is 6.38. The number of hydrogen-bond acceptors (Lipinski definition) is 3. The SMILES string of the molecule is Bc1cc(Cl)cc(/C=N/c2ccc(N)cc2)c1O. The molecule has 0 bridgehead atoms. The molecule has 0 aromatic heterocycles. The minimum Gasteiger partial charge on any atom is -0.508 e. The van der Waals surface area contributed by atoms with Crippen LogP contribution in [0.25, 0.3) is 0 Å². The Morgan fingerprint density at radius 3 is 2.56 bits per heavy atom. The normalized spacial score (nSPS) is 10.9. The van der Waals surface area contributed by atoms with Gasteiger partial charge in [0.1, 0.15) is 13.6 Å². The van der Waals surface area contributed by atoms with Gasteiger partial charge in [-0.3, -0.25) is 4.99 Å². The molecule has 0 amide bonds. The van der Waals surface area contributed by atoms with Crippen molar-refractivity contribution < 1.29 is 5.11 Å². The number of rotatable bonds is 2. The smallest absolute Gasteiger partial charge is 0.144 e. The summed E-state index contributed by atoms with van der Waals surface area (Å²) >= 11 is 5.94. The molecule has 3 nitrogen and oxygen atoms in total. The van der Waals surface area contributed by atoms with Crippen molar-refractivity contribution in [2.75, 3.05) is 5.73 Å². The second-order valence-corrected chi connectivity index (χ2v) is 4.45. The summed E-state index contributed by atoms with van der Waals surface area (Å²) in [4.78, 5) is 4.26. The molecule has 0 fully saturated rings. The molecule has 0 spiro atoms. The van der Waals surface area contributed by atoms with E-state index in [1.807, 2.05) is 0 Å². The third-order valence-electron chi connectivity index (χ3n) is 2.54. The number of halogens is 1. The minimum absolute atomic E-state index is 0.193. The number of hydrogen-bond donors (Lipinski definition) is 2. The van der Waals surface area contributed by atoms with E-state index in [4.69, 9.17) is 17.3 Å². The number of nitrogens with two attached hydrogens (primary N) is 1. The van der Waals surface area contributed by atoms with Crippen molar-refractivity contribution in [1.82, 2.24) is 0 Å². The third-order valence-corrected chi connectivity index (χ3v) is 2.76. The van der Waals surface area contributed by atoms with E-state index in [1.54, 1.807) is 50.5 Å². The summed E-state index contributed by atoms with van der Waals surface area (Å²) in [7, 11) is 1.79. The highest BCUT2D eigenvalue weighted by atomic mass is 35.5. The number of nitrogen functional groups attached to an aromatic ring is 1. The fraction of sp³-hybridized carbons (Fsp3) is 0. The van der Waals surface area contributed by atoms with Crippen molar-refractivity contribution in [3.05, 3.63) is 47.0 Å². The molecule has 18 heavy (non-hydrogen) atoms. The number of nitrogens with zero attached hydrogens (tertiary/aromatic N) is 1. The number of aliphatic imine (C=N–C) groups is 1. The maximum absolute atomic E-state index is 9.87. The second kappa shape index (κ2) is 5.15. The maximum atomic E-state index is 9.87. The van der Waals surface area contributed by atoms with Crippen LogP contribution in [0.3, 0.4) is 0 Å². The molecule has 2 aromatic carbocycles. The average molecular weight is 259 g/mol. The number of benzene rings is 2. The van der Waals surface area contributed by atoms with Crippen LogP contribution in [0.5, 0.6) is 5.75 Å². The van der Waals surface area contributed by atoms with Gasteiger partial charge in [-0.1, -0.05) is 11.6 Å². The van der Waals surface area contributed by atoms with Crippen molar-refractivity contribution in [3.8, 4) is 5.75 Å². The van der Waals surface area contributed by atoms with Crippen molar-refractivity contribution in [3.63, 3.8) is 0 Å². The van der Waals surface area contributed by atoms with Gasteiger partial charge >= 0.3 is 0 Å². The molecule has 2 rings (SSSR count). The van der Waals surface area contributed by atoms with E-state index >= 15 is 0 Å². The Labute approximate surface area is 111 Å². The van der Waals surface area contributed by atoms with E-state index in [0.29, 0.717) is 16.3 Å². The van der Waals surface area contributed by atoms with Crippen molar-refractivity contribution in [1.29, 1.82) is 0 Å². The van der Waals surface area contributed by atoms with Gasteiger partial charge in [0, 0.05) is 22.5 Å². The molecular weight excluding hydrogens is 246 g/mol. The minimum atomic E-state index is 0.193. The molecule has 3 N–H and O–H groups in total. The van der Waals surface area contributed by atoms with Crippen LogP contribution in [-0.4, -0.2) is 19.2 Å². The molecule has 0 saturated heterocycles. The quantitative estimate of drug-likeness (QED) is 0.489. The molecular formula is C13H12BClN2O. The van der Waals surface area contributed by atoms with Gasteiger partial charge in [-0.2, -0.15) is 0 Å². The summed E-state index contributed by atoms with van der Waals surface area (Å²) in [6.45, 7) is 0. The van der Waals surface area contributed by atoms with E-state index in [-0.39, 0.29) is 5.75 Å². The van der Waals surface area contributed by atoms with E-state index in [1.165, 1.54) is 0 Å². The standard InChI is InChI=1S/C13H12BClN2O/c14-12-6-9(15)5-8(13(12)18)7-17-11-3-1-10(16)2-4-11/h1-7,18H,14,16H2/b17-7+. The zero-order valence-electron chi connectivity index (χ0n) is 9.89. The van der Waals surface area contributed by atoms with Crippen LogP contribution < -0.4 is 11.2 Å². The van der Waals surface area contributed by atoms with Gasteiger partial charge in [0.25, 0.3) is 0 Å². The third kappa shape index (κ3) is 2.84. The van der Waals surface area contributed by atoms with Crippen LogP contribution in [0, 0.1) is 0 Å². The average Bonchev–Trinajstić information content (AvgIpc) is 2.34. The second-order valence-electron chi connectivity index (χ2n) is 4.01. The Morgan fingerprint density at radius 1 is 1.22 bits per heavy atom. The lowest BCUT2D eigenvalue weighted by atomic mass is 9.93. The monoisotopic (exact) mass is 258 g/mol. The van der Waals surface area contributed by atoms with Crippen LogP contribution in [0.15, 0.2) is 41.4 Å². The van der Waals surface area contributed by atoms with Crippen molar-refractivity contribution >= 4 is 42.5 Å². The van der Waals surface area contributed by atoms with E-state index in [9.17, 15) is 5.11 Å². The Bertz CT molecular complexity index is 597. The summed E-state index contributed by atoms with van der Waals surface area (Å²) in [5.74, 6) is 0.193. The fourth-order valence-electron chi connectivity index (χ4n) is 1.56. The van der Waals surface area contributed by atoms with Crippen molar-refractivity contribution in [2.24, 2.45) is 4.99 Å². The lowest BCUT2D eigenvalue weighted by Crippen LogP contribution is -2.04. The van der Waals surface area contributed by atoms with Crippen LogP contribution in [-0.2, 0) is 0 Å². The van der Waals surface area contributed by atoms with Crippen LogP contribution >= 0.6 is 11.6 Å². The highest BCUT2D eigenvalue weighted by Crippen LogP contribution is 2.19. The van der Waals surface area contributed by atoms with Gasteiger partial charge in [-0.25, -0.2) is 0 Å². The lowest BCUT2D eigenvalue weighted by Gasteiger charge is -2.04. The number of aromatic hydroxyl groups is 1. The zero-order valence-corrected chi connectivity index (χ0v) is 10.6. The van der Waals surface area contributed by atoms with Gasteiger partial charge in [0.05, 0.1) is 5.69 Å². The summed E-state index contributed by atoms with van der Waals surface area (Å²) in [6, 6.07) is 10.5. The predicted molar refractivity (Wildman–Crippen MR) is 79.4 cm³/mol. The molecule has 0 heterocycles. The summed E-state index contributed by atoms with van der Waals surface area (Å²) < 4.78 is 0. The van der Waals surface area contributed by atoms with E-state index < -0.39 is 0 Å². The van der Waals surface area contributed by atoms with Crippen LogP contribution in [0.2, 0.25) is 5.02 Å². The first kappa shape index (κ1) is 12.5. The van der Waals surface area contributed by atoms with Gasteiger partial charge < -0.3 is 10.8 Å². The predicted octanol–water partition coefficient (Wildman–Crippen LogP) is 1.64. The molecule has 0 aliphatic heterocycles. The maximum Gasteiger partial charge on any atom is 0.144 e. The zero-order chi connectivity index (χ0) is 13.1. The first-order chi connectivity index (χ1) is 8.56. The topological polar surface area (TPSA) is 58.6 Å². The van der Waals surface area contributed by atoms with Gasteiger partial charge in [0.2, 0.25) is 0 Å². The lowest BCUT2D eigenvalue weighted by molar-refractivity contribution is 0.479. The molecule has 0 radical (unpaired) electrons. The van der Waals surface area contributed by atoms with E-state index in [2.05, 4.69) is 4.99 Å². The first-order valence-corrected chi connectivity index (χ1v) is 5.83. The van der Waals surface area contributed by atoms with Gasteiger partial charge in [0.15, 0.2) is 0 Å². The Hall–Kier alpha value is -1.94. The number of anilines is 1. The number of phenolic OH excluding ortho intramolecular Hbond substituents is 1. The van der Waals surface area contributed by atoms with Gasteiger partial charge in [-0.05, 0) is 41.9 Å². The molecule has 0 unspecified atom stereocenters. The molecule has 2 aromatic rings. The molecule has 90 valence electrons. The molecule has 0 aliphatic rings. The van der Waals surface area contributed by atoms with Crippen LogP contribution in [0.4, 0.5) is 11.4 Å². The van der Waals surface area contributed by atoms with Crippen LogP contribution in [0.1, 0.15) is 5.56 Å². The Morgan fingerprint density at radius 2 is 1.89 bits per heavy atom. The molecule has 0 aliphatic carbocycles. The largest absolute Gasteiger partial charge is 0.508 e. The molecule has 0 saturated carbocycles. The van der Waals surface area contributed by atoms with E-state index in [0.717, 1.165) is 11.2 Å². The summed E-state index contributed by atoms with van der Waals surface area (Å²) in [6.07, 6.45) is 1.58. The highest BCUT2D eigenvalue weighted by Gasteiger charge is 2.03. The Kier molecular flexibility index (Phi) is 3.58. The molecule has 0 atom stereocenters. The number of phenols is 1. The molecule has 5 heteroatoms. The first-order valence-electron chi connectivity index (χ1n) is 5.45. The fourth-order valence-corrected chi connectivity index (χ4v) is 1.85. The summed E-state index contributed by atoms with van der Waals surface area (Å²) in [5.41, 5.74) is 8.36.